The molecule has 0 aromatic heterocycles. The largest absolute Gasteiger partial charge is 0.368 e. The molecule has 2 rings (SSSR count). The standard InChI is InChI=1S/C14H28N4O/c1-11-9-17(3)7-4-8-18(11)10-14(16-2,13(15)19)12-5-6-12/h11-12,16H,4-10H2,1-3H3,(H2,15,19). The third-order valence-electron chi connectivity index (χ3n) is 4.80. The van der Waals surface area contributed by atoms with E-state index in [1.807, 2.05) is 7.05 Å². The van der Waals surface area contributed by atoms with Crippen LogP contribution in [-0.2, 0) is 4.79 Å². The summed E-state index contributed by atoms with van der Waals surface area (Å²) in [5.41, 5.74) is 5.18. The fourth-order valence-electron chi connectivity index (χ4n) is 3.37. The van der Waals surface area contributed by atoms with E-state index in [4.69, 9.17) is 5.73 Å². The molecule has 0 spiro atoms. The van der Waals surface area contributed by atoms with Gasteiger partial charge in [0.15, 0.2) is 0 Å². The second-order valence-electron chi connectivity index (χ2n) is 6.30. The molecule has 0 radical (unpaired) electrons. The van der Waals surface area contributed by atoms with Gasteiger partial charge in [-0.05, 0) is 59.3 Å². The summed E-state index contributed by atoms with van der Waals surface area (Å²) in [5.74, 6) is 0.227. The van der Waals surface area contributed by atoms with Crippen LogP contribution in [-0.4, -0.2) is 67.6 Å². The van der Waals surface area contributed by atoms with Crippen molar-refractivity contribution in [2.75, 3.05) is 40.3 Å². The number of hydrogen-bond donors (Lipinski definition) is 2. The molecule has 2 unspecified atom stereocenters. The number of carbonyl (C=O) groups is 1. The first-order valence-corrected chi connectivity index (χ1v) is 7.41. The Labute approximate surface area is 116 Å². The van der Waals surface area contributed by atoms with Gasteiger partial charge < -0.3 is 16.0 Å². The monoisotopic (exact) mass is 268 g/mol. The molecule has 2 fully saturated rings. The molecule has 1 heterocycles. The number of amides is 1. The second-order valence-corrected chi connectivity index (χ2v) is 6.30. The quantitative estimate of drug-likeness (QED) is 0.729. The highest BCUT2D eigenvalue weighted by atomic mass is 16.1. The van der Waals surface area contributed by atoms with Gasteiger partial charge in [-0.25, -0.2) is 0 Å². The maximum atomic E-state index is 12.0. The Morgan fingerprint density at radius 1 is 1.42 bits per heavy atom. The van der Waals surface area contributed by atoms with Crippen molar-refractivity contribution in [2.24, 2.45) is 11.7 Å². The first kappa shape index (κ1) is 14.8. The molecule has 3 N–H and O–H groups in total. The van der Waals surface area contributed by atoms with Crippen LogP contribution < -0.4 is 11.1 Å². The number of nitrogens with one attached hydrogen (secondary N) is 1. The molecule has 0 bridgehead atoms. The van der Waals surface area contributed by atoms with Crippen LogP contribution in [0.25, 0.3) is 0 Å². The van der Waals surface area contributed by atoms with Gasteiger partial charge >= 0.3 is 0 Å². The zero-order valence-electron chi connectivity index (χ0n) is 12.5. The zero-order chi connectivity index (χ0) is 14.0. The van der Waals surface area contributed by atoms with Gasteiger partial charge in [0.25, 0.3) is 0 Å². The Morgan fingerprint density at radius 3 is 2.63 bits per heavy atom. The summed E-state index contributed by atoms with van der Waals surface area (Å²) in [6, 6.07) is 0.471. The SMILES string of the molecule is CNC(CN1CCCN(C)CC1C)(C(N)=O)C1CC1. The molecule has 1 aliphatic carbocycles. The van der Waals surface area contributed by atoms with Crippen molar-refractivity contribution in [3.05, 3.63) is 0 Å². The number of nitrogens with two attached hydrogens (primary N) is 1. The minimum Gasteiger partial charge on any atom is -0.368 e. The molecule has 5 nitrogen and oxygen atoms in total. The van der Waals surface area contributed by atoms with Crippen molar-refractivity contribution >= 4 is 5.91 Å². The van der Waals surface area contributed by atoms with Crippen LogP contribution in [0.4, 0.5) is 0 Å². The molecule has 2 aliphatic rings. The molecule has 2 atom stereocenters. The Balaban J connectivity index is 2.09. The lowest BCUT2D eigenvalue weighted by Crippen LogP contribution is -2.63. The fourth-order valence-corrected chi connectivity index (χ4v) is 3.37. The molecule has 5 heteroatoms. The van der Waals surface area contributed by atoms with Crippen molar-refractivity contribution in [3.8, 4) is 0 Å². The lowest BCUT2D eigenvalue weighted by Gasteiger charge is -2.38. The normalized spacial score (nSPS) is 29.7. The summed E-state index contributed by atoms with van der Waals surface area (Å²) >= 11 is 0. The Hall–Kier alpha value is -0.650. The van der Waals surface area contributed by atoms with Crippen LogP contribution in [0.15, 0.2) is 0 Å². The van der Waals surface area contributed by atoms with E-state index in [-0.39, 0.29) is 5.91 Å². The lowest BCUT2D eigenvalue weighted by atomic mass is 9.91. The first-order chi connectivity index (χ1) is 8.99. The van der Waals surface area contributed by atoms with Crippen LogP contribution >= 0.6 is 0 Å². The maximum Gasteiger partial charge on any atom is 0.239 e. The Kier molecular flexibility index (Phi) is 4.48. The third kappa shape index (κ3) is 3.09. The van der Waals surface area contributed by atoms with E-state index in [1.54, 1.807) is 0 Å². The molecule has 1 aliphatic heterocycles. The fraction of sp³-hybridized carbons (Fsp3) is 0.929. The van der Waals surface area contributed by atoms with Crippen LogP contribution in [0.1, 0.15) is 26.2 Å². The molecule has 19 heavy (non-hydrogen) atoms. The minimum absolute atomic E-state index is 0.192. The highest BCUT2D eigenvalue weighted by Crippen LogP contribution is 2.40. The average molecular weight is 268 g/mol. The van der Waals surface area contributed by atoms with Crippen LogP contribution in [0.5, 0.6) is 0 Å². The van der Waals surface area contributed by atoms with Crippen LogP contribution in [0.2, 0.25) is 0 Å². The number of hydrogen-bond acceptors (Lipinski definition) is 4. The van der Waals surface area contributed by atoms with Crippen molar-refractivity contribution in [3.63, 3.8) is 0 Å². The van der Waals surface area contributed by atoms with Crippen molar-refractivity contribution in [2.45, 2.75) is 37.8 Å². The van der Waals surface area contributed by atoms with Gasteiger partial charge in [0.1, 0.15) is 5.54 Å². The van der Waals surface area contributed by atoms with E-state index in [9.17, 15) is 4.79 Å². The maximum absolute atomic E-state index is 12.0. The van der Waals surface area contributed by atoms with Gasteiger partial charge in [-0.3, -0.25) is 9.69 Å². The molecular formula is C14H28N4O. The van der Waals surface area contributed by atoms with Gasteiger partial charge in [0.05, 0.1) is 0 Å². The Bertz CT molecular complexity index is 331. The van der Waals surface area contributed by atoms with Crippen molar-refractivity contribution < 1.29 is 4.79 Å². The number of carbonyl (C=O) groups excluding carboxylic acids is 1. The minimum atomic E-state index is -0.531. The predicted molar refractivity (Wildman–Crippen MR) is 76.9 cm³/mol. The Morgan fingerprint density at radius 2 is 2.11 bits per heavy atom. The molecule has 0 aromatic rings. The lowest BCUT2D eigenvalue weighted by molar-refractivity contribution is -0.126. The predicted octanol–water partition coefficient (Wildman–Crippen LogP) is -0.134. The molecule has 1 amide bonds. The van der Waals surface area contributed by atoms with E-state index in [2.05, 4.69) is 29.1 Å². The zero-order valence-corrected chi connectivity index (χ0v) is 12.5. The number of likely N-dealkylation sites (N-methyl/N-ethyl adjacent to an activating group) is 2. The number of nitrogens with zero attached hydrogens (tertiary/aromatic N) is 2. The van der Waals surface area contributed by atoms with Gasteiger partial charge in [0, 0.05) is 19.1 Å². The molecule has 1 saturated heterocycles. The van der Waals surface area contributed by atoms with E-state index >= 15 is 0 Å². The highest BCUT2D eigenvalue weighted by molar-refractivity contribution is 5.86. The van der Waals surface area contributed by atoms with E-state index in [1.165, 1.54) is 0 Å². The van der Waals surface area contributed by atoms with Crippen molar-refractivity contribution in [1.82, 2.24) is 15.1 Å². The van der Waals surface area contributed by atoms with E-state index < -0.39 is 5.54 Å². The molecular weight excluding hydrogens is 240 g/mol. The molecule has 110 valence electrons. The summed E-state index contributed by atoms with van der Waals surface area (Å²) < 4.78 is 0. The highest BCUT2D eigenvalue weighted by Gasteiger charge is 2.50. The first-order valence-electron chi connectivity index (χ1n) is 7.41. The number of rotatable bonds is 5. The third-order valence-corrected chi connectivity index (χ3v) is 4.80. The van der Waals surface area contributed by atoms with Gasteiger partial charge in [0.2, 0.25) is 5.91 Å². The second kappa shape index (κ2) is 5.77. The molecule has 0 aromatic carbocycles. The summed E-state index contributed by atoms with van der Waals surface area (Å²) in [4.78, 5) is 16.8. The van der Waals surface area contributed by atoms with Crippen molar-refractivity contribution in [1.29, 1.82) is 0 Å². The summed E-state index contributed by atoms with van der Waals surface area (Å²) in [6.07, 6.45) is 3.39. The van der Waals surface area contributed by atoms with Crippen LogP contribution in [0, 0.1) is 5.92 Å². The van der Waals surface area contributed by atoms with E-state index in [0.29, 0.717) is 12.0 Å². The molecule has 1 saturated carbocycles. The van der Waals surface area contributed by atoms with Crippen LogP contribution in [0.3, 0.4) is 0 Å². The topological polar surface area (TPSA) is 61.6 Å². The summed E-state index contributed by atoms with van der Waals surface area (Å²) in [7, 11) is 4.04. The summed E-state index contributed by atoms with van der Waals surface area (Å²) in [6.45, 7) is 6.24. The van der Waals surface area contributed by atoms with E-state index in [0.717, 1.165) is 45.4 Å². The smallest absolute Gasteiger partial charge is 0.239 e. The number of primary amides is 1. The van der Waals surface area contributed by atoms with Gasteiger partial charge in [-0.2, -0.15) is 0 Å². The average Bonchev–Trinajstić information content (AvgIpc) is 3.16. The van der Waals surface area contributed by atoms with Gasteiger partial charge in [-0.1, -0.05) is 0 Å². The van der Waals surface area contributed by atoms with Gasteiger partial charge in [-0.15, -0.1) is 0 Å². The summed E-state index contributed by atoms with van der Waals surface area (Å²) in [5, 5.41) is 3.25.